The highest BCUT2D eigenvalue weighted by atomic mass is 15.1. The van der Waals surface area contributed by atoms with E-state index in [0.29, 0.717) is 5.92 Å². The number of imidazole rings is 1. The Bertz CT molecular complexity index is 977. The molecule has 0 amide bonds. The molecule has 1 heterocycles. The molecule has 0 radical (unpaired) electrons. The van der Waals surface area contributed by atoms with Crippen molar-refractivity contribution in [3.8, 4) is 0 Å². The van der Waals surface area contributed by atoms with Gasteiger partial charge in [-0.25, -0.2) is 9.55 Å². The number of unbranched alkanes of at least 4 members (excludes halogenated alkanes) is 11. The Labute approximate surface area is 234 Å². The van der Waals surface area contributed by atoms with E-state index in [1.54, 1.807) is 0 Å². The molecule has 0 spiro atoms. The van der Waals surface area contributed by atoms with Gasteiger partial charge in [-0.15, -0.1) is 0 Å². The number of aromatic nitrogens is 2. The Hall–Kier alpha value is -2.35. The molecule has 0 bridgehead atoms. The number of hydrogen-bond acceptors (Lipinski definition) is 0. The molecular weight excluding hydrogens is 460 g/mol. The highest BCUT2D eigenvalue weighted by Gasteiger charge is 2.41. The van der Waals surface area contributed by atoms with Gasteiger partial charge in [0.1, 0.15) is 12.4 Å². The molecule has 2 aromatic carbocycles. The molecular formula is C36H55N2+. The summed E-state index contributed by atoms with van der Waals surface area (Å²) in [4.78, 5) is 3.75. The minimum Gasteiger partial charge on any atom is -0.247 e. The van der Waals surface area contributed by atoms with Crippen LogP contribution < -0.4 is 4.57 Å². The number of rotatable bonds is 20. The second-order valence-electron chi connectivity index (χ2n) is 11.7. The lowest BCUT2D eigenvalue weighted by molar-refractivity contribution is -0.705. The fourth-order valence-corrected chi connectivity index (χ4v) is 6.26. The fraction of sp³-hybridized carbons (Fsp3) is 0.583. The Morgan fingerprint density at radius 2 is 1.24 bits per heavy atom. The maximum atomic E-state index is 3.75. The van der Waals surface area contributed by atoms with Crippen molar-refractivity contribution >= 4 is 0 Å². The SMILES string of the molecule is CCCCCCCCCCCC(c1[nH]cc[n+]1CCCCCC)C(C)(Cc1ccccc1)c1ccccc1. The third-order valence-corrected chi connectivity index (χ3v) is 8.59. The molecule has 0 fully saturated rings. The average Bonchev–Trinajstić information content (AvgIpc) is 3.41. The largest absolute Gasteiger partial charge is 0.258 e. The van der Waals surface area contributed by atoms with Crippen LogP contribution in [-0.4, -0.2) is 4.98 Å². The molecule has 208 valence electrons. The van der Waals surface area contributed by atoms with Gasteiger partial charge >= 0.3 is 0 Å². The lowest BCUT2D eigenvalue weighted by atomic mass is 9.66. The Kier molecular flexibility index (Phi) is 13.7. The van der Waals surface area contributed by atoms with Crippen LogP contribution in [0.2, 0.25) is 0 Å². The second-order valence-corrected chi connectivity index (χ2v) is 11.7. The van der Waals surface area contributed by atoms with Crippen LogP contribution in [0.3, 0.4) is 0 Å². The number of hydrogen-bond donors (Lipinski definition) is 1. The first-order valence-corrected chi connectivity index (χ1v) is 15.8. The summed E-state index contributed by atoms with van der Waals surface area (Å²) in [5, 5.41) is 0. The van der Waals surface area contributed by atoms with Gasteiger partial charge < -0.3 is 0 Å². The van der Waals surface area contributed by atoms with E-state index in [-0.39, 0.29) is 5.41 Å². The molecule has 1 aromatic heterocycles. The highest BCUT2D eigenvalue weighted by Crippen LogP contribution is 2.43. The van der Waals surface area contributed by atoms with E-state index >= 15 is 0 Å². The van der Waals surface area contributed by atoms with E-state index in [9.17, 15) is 0 Å². The molecule has 2 nitrogen and oxygen atoms in total. The van der Waals surface area contributed by atoms with Crippen LogP contribution in [0.1, 0.15) is 134 Å². The number of benzene rings is 2. The average molecular weight is 516 g/mol. The van der Waals surface area contributed by atoms with Gasteiger partial charge in [-0.2, -0.15) is 0 Å². The summed E-state index contributed by atoms with van der Waals surface area (Å²) in [5.74, 6) is 1.86. The number of H-pyrrole nitrogens is 1. The number of nitrogens with zero attached hydrogens (tertiary/aromatic N) is 1. The zero-order valence-electron chi connectivity index (χ0n) is 24.8. The van der Waals surface area contributed by atoms with Gasteiger partial charge in [0.15, 0.2) is 0 Å². The van der Waals surface area contributed by atoms with Crippen molar-refractivity contribution in [1.82, 2.24) is 4.98 Å². The van der Waals surface area contributed by atoms with Gasteiger partial charge in [0.25, 0.3) is 5.82 Å². The summed E-state index contributed by atoms with van der Waals surface area (Å²) in [6.45, 7) is 8.24. The van der Waals surface area contributed by atoms with Crippen molar-refractivity contribution in [3.63, 3.8) is 0 Å². The van der Waals surface area contributed by atoms with Crippen molar-refractivity contribution in [2.24, 2.45) is 0 Å². The van der Waals surface area contributed by atoms with Gasteiger partial charge in [-0.05, 0) is 36.8 Å². The summed E-state index contributed by atoms with van der Waals surface area (Å²) in [6, 6.07) is 22.5. The molecule has 3 aromatic rings. The molecule has 2 atom stereocenters. The van der Waals surface area contributed by atoms with E-state index in [4.69, 9.17) is 0 Å². The van der Waals surface area contributed by atoms with Crippen LogP contribution in [0, 0.1) is 0 Å². The predicted molar refractivity (Wildman–Crippen MR) is 164 cm³/mol. The zero-order valence-corrected chi connectivity index (χ0v) is 24.8. The Balaban J connectivity index is 1.80. The maximum absolute atomic E-state index is 3.75. The van der Waals surface area contributed by atoms with Gasteiger partial charge in [0.05, 0.1) is 12.5 Å². The van der Waals surface area contributed by atoms with Crippen LogP contribution in [-0.2, 0) is 18.4 Å². The lowest BCUT2D eigenvalue weighted by Crippen LogP contribution is -2.43. The molecule has 3 rings (SSSR count). The second kappa shape index (κ2) is 17.3. The van der Waals surface area contributed by atoms with Crippen LogP contribution in [0.4, 0.5) is 0 Å². The molecule has 0 aliphatic rings. The quantitative estimate of drug-likeness (QED) is 0.114. The molecule has 2 unspecified atom stereocenters. The predicted octanol–water partition coefficient (Wildman–Crippen LogP) is 10.1. The van der Waals surface area contributed by atoms with Crippen LogP contribution in [0.5, 0.6) is 0 Å². The molecule has 0 saturated carbocycles. The zero-order chi connectivity index (χ0) is 26.9. The topological polar surface area (TPSA) is 19.7 Å². The summed E-state index contributed by atoms with van der Waals surface area (Å²) < 4.78 is 2.54. The lowest BCUT2D eigenvalue weighted by Gasteiger charge is -2.37. The summed E-state index contributed by atoms with van der Waals surface area (Å²) in [7, 11) is 0. The molecule has 38 heavy (non-hydrogen) atoms. The van der Waals surface area contributed by atoms with Crippen molar-refractivity contribution in [2.45, 2.75) is 135 Å². The molecule has 0 aliphatic carbocycles. The Morgan fingerprint density at radius 1 is 0.684 bits per heavy atom. The van der Waals surface area contributed by atoms with E-state index in [2.05, 4.69) is 103 Å². The van der Waals surface area contributed by atoms with E-state index < -0.39 is 0 Å². The molecule has 1 N–H and O–H groups in total. The van der Waals surface area contributed by atoms with Crippen molar-refractivity contribution in [2.75, 3.05) is 0 Å². The third kappa shape index (κ3) is 9.44. The van der Waals surface area contributed by atoms with Crippen LogP contribution in [0.25, 0.3) is 0 Å². The van der Waals surface area contributed by atoms with E-state index in [1.165, 1.54) is 107 Å². The van der Waals surface area contributed by atoms with E-state index in [1.807, 2.05) is 0 Å². The number of aromatic amines is 1. The van der Waals surface area contributed by atoms with Gasteiger partial charge in [-0.1, -0.05) is 152 Å². The Morgan fingerprint density at radius 3 is 1.87 bits per heavy atom. The standard InChI is InChI=1S/C36H54N2/c1-4-6-8-10-11-12-13-14-21-27-34(35-37-28-30-38(35)29-22-9-7-5-2)36(3,33-25-19-16-20-26-33)31-32-23-17-15-18-24-32/h15-20,23-26,28,30,34H,4-14,21-22,27,29,31H2,1-3H3/p+1. The number of aryl methyl sites for hydroxylation is 1. The summed E-state index contributed by atoms with van der Waals surface area (Å²) in [6.07, 6.45) is 24.3. The summed E-state index contributed by atoms with van der Waals surface area (Å²) in [5.41, 5.74) is 2.90. The maximum Gasteiger partial charge on any atom is 0.258 e. The highest BCUT2D eigenvalue weighted by molar-refractivity contribution is 5.32. The van der Waals surface area contributed by atoms with Crippen molar-refractivity contribution in [3.05, 3.63) is 90.0 Å². The minimum absolute atomic E-state index is 0.0127. The molecule has 0 aliphatic heterocycles. The van der Waals surface area contributed by atoms with Gasteiger partial charge in [-0.3, -0.25) is 0 Å². The fourth-order valence-electron chi connectivity index (χ4n) is 6.26. The van der Waals surface area contributed by atoms with Crippen molar-refractivity contribution in [1.29, 1.82) is 0 Å². The monoisotopic (exact) mass is 515 g/mol. The van der Waals surface area contributed by atoms with Crippen LogP contribution >= 0.6 is 0 Å². The van der Waals surface area contributed by atoms with Crippen LogP contribution in [0.15, 0.2) is 73.1 Å². The normalized spacial score (nSPS) is 13.9. The van der Waals surface area contributed by atoms with Crippen molar-refractivity contribution < 1.29 is 4.57 Å². The first-order valence-electron chi connectivity index (χ1n) is 15.8. The minimum atomic E-state index is 0.0127. The third-order valence-electron chi connectivity index (χ3n) is 8.59. The summed E-state index contributed by atoms with van der Waals surface area (Å²) >= 11 is 0. The smallest absolute Gasteiger partial charge is 0.247 e. The van der Waals surface area contributed by atoms with Gasteiger partial charge in [0.2, 0.25) is 0 Å². The van der Waals surface area contributed by atoms with Gasteiger partial charge in [0, 0.05) is 5.41 Å². The first kappa shape index (κ1) is 30.2. The first-order chi connectivity index (χ1) is 18.7. The molecule has 0 saturated heterocycles. The number of nitrogens with one attached hydrogen (secondary N) is 1. The molecule has 2 heteroatoms. The van der Waals surface area contributed by atoms with E-state index in [0.717, 1.165) is 13.0 Å².